The largest absolute Gasteiger partial charge is 0.508 e. The smallest absolute Gasteiger partial charge is 0.120 e. The highest BCUT2D eigenvalue weighted by atomic mass is 16.5. The Morgan fingerprint density at radius 3 is 2.47 bits per heavy atom. The summed E-state index contributed by atoms with van der Waals surface area (Å²) < 4.78 is 5.64. The average molecular weight is 487 g/mol. The first-order valence-electron chi connectivity index (χ1n) is 13.4. The molecule has 0 aliphatic heterocycles. The van der Waals surface area contributed by atoms with Gasteiger partial charge >= 0.3 is 0 Å². The molecule has 1 aliphatic carbocycles. The van der Waals surface area contributed by atoms with Crippen LogP contribution in [0.4, 0.5) is 5.69 Å². The predicted molar refractivity (Wildman–Crippen MR) is 151 cm³/mol. The number of benzene rings is 3. The van der Waals surface area contributed by atoms with E-state index in [1.54, 1.807) is 7.11 Å². The molecule has 0 saturated heterocycles. The van der Waals surface area contributed by atoms with E-state index in [2.05, 4.69) is 86.4 Å². The van der Waals surface area contributed by atoms with Crippen LogP contribution in [0.2, 0.25) is 0 Å². The number of methoxy groups -OCH3 is 1. The minimum atomic E-state index is 0.104. The van der Waals surface area contributed by atoms with Crippen LogP contribution in [0.25, 0.3) is 0 Å². The topological polar surface area (TPSA) is 44.7 Å². The lowest BCUT2D eigenvalue weighted by molar-refractivity contribution is 0.414. The van der Waals surface area contributed by atoms with Crippen molar-refractivity contribution in [3.8, 4) is 11.5 Å². The lowest BCUT2D eigenvalue weighted by Crippen LogP contribution is -2.32. The van der Waals surface area contributed by atoms with E-state index in [0.717, 1.165) is 51.2 Å². The number of anilines is 1. The van der Waals surface area contributed by atoms with Crippen LogP contribution in [0.1, 0.15) is 67.9 Å². The number of phenols is 1. The highest BCUT2D eigenvalue weighted by molar-refractivity contribution is 5.60. The molecule has 0 fully saturated rings. The molecule has 192 valence electrons. The summed E-state index contributed by atoms with van der Waals surface area (Å²) in [6, 6.07) is 21.6. The number of aryl methyl sites for hydroxylation is 1. The van der Waals surface area contributed by atoms with Crippen molar-refractivity contribution < 1.29 is 9.84 Å². The zero-order valence-corrected chi connectivity index (χ0v) is 22.6. The number of fused-ring (bicyclic) bond motifs is 1. The van der Waals surface area contributed by atoms with Crippen molar-refractivity contribution >= 4 is 5.69 Å². The molecule has 0 amide bonds. The van der Waals surface area contributed by atoms with Gasteiger partial charge in [-0.3, -0.25) is 0 Å². The number of ether oxygens (including phenoxy) is 1. The van der Waals surface area contributed by atoms with Crippen molar-refractivity contribution in [2.45, 2.75) is 64.8 Å². The Balaban J connectivity index is 1.58. The third-order valence-electron chi connectivity index (χ3n) is 7.74. The second-order valence-corrected chi connectivity index (χ2v) is 10.7. The Bertz CT molecular complexity index is 1150. The van der Waals surface area contributed by atoms with Crippen molar-refractivity contribution in [3.63, 3.8) is 0 Å². The molecule has 36 heavy (non-hydrogen) atoms. The van der Waals surface area contributed by atoms with Crippen molar-refractivity contribution in [2.75, 3.05) is 31.6 Å². The zero-order valence-electron chi connectivity index (χ0n) is 22.6. The van der Waals surface area contributed by atoms with Crippen molar-refractivity contribution in [1.29, 1.82) is 0 Å². The zero-order chi connectivity index (χ0) is 25.7. The van der Waals surface area contributed by atoms with E-state index in [0.29, 0.717) is 11.7 Å². The van der Waals surface area contributed by atoms with E-state index in [1.165, 1.54) is 33.5 Å². The fourth-order valence-electron chi connectivity index (χ4n) is 5.47. The van der Waals surface area contributed by atoms with E-state index in [4.69, 9.17) is 4.74 Å². The maximum atomic E-state index is 9.89. The van der Waals surface area contributed by atoms with Gasteiger partial charge in [0, 0.05) is 36.8 Å². The van der Waals surface area contributed by atoms with Gasteiger partial charge in [0.15, 0.2) is 0 Å². The molecule has 0 aromatic heterocycles. The van der Waals surface area contributed by atoms with Gasteiger partial charge in [0.05, 0.1) is 7.11 Å². The minimum absolute atomic E-state index is 0.104. The Kier molecular flexibility index (Phi) is 8.25. The standard InChI is InChI=1S/C32H42N2O2/c1-6-33-22-32(3,4)27-13-8-23(9-14-27)21-34(7-2)31-20-29(36-5)16-17-30(31)26-11-10-25-19-28(35)15-12-24(25)18-26/h8-9,12-17,19-20,26,33,35H,6-7,10-11,18,21-22H2,1-5H3/t26-/m1/s1. The molecule has 0 radical (unpaired) electrons. The number of aromatic hydroxyl groups is 1. The number of rotatable bonds is 10. The van der Waals surface area contributed by atoms with E-state index in [9.17, 15) is 5.11 Å². The van der Waals surface area contributed by atoms with Crippen LogP contribution in [0.5, 0.6) is 11.5 Å². The van der Waals surface area contributed by atoms with Gasteiger partial charge in [-0.05, 0) is 84.7 Å². The van der Waals surface area contributed by atoms with Crippen LogP contribution in [-0.4, -0.2) is 31.9 Å². The van der Waals surface area contributed by atoms with Crippen molar-refractivity contribution in [3.05, 3.63) is 88.5 Å². The Labute approximate surface area is 217 Å². The Morgan fingerprint density at radius 1 is 1.00 bits per heavy atom. The molecule has 3 aromatic carbocycles. The summed E-state index contributed by atoms with van der Waals surface area (Å²) in [5.74, 6) is 1.71. The van der Waals surface area contributed by atoms with E-state index in [-0.39, 0.29) is 5.41 Å². The summed E-state index contributed by atoms with van der Waals surface area (Å²) >= 11 is 0. The van der Waals surface area contributed by atoms with Crippen LogP contribution < -0.4 is 15.0 Å². The van der Waals surface area contributed by atoms with Crippen molar-refractivity contribution in [2.24, 2.45) is 0 Å². The minimum Gasteiger partial charge on any atom is -0.508 e. The lowest BCUT2D eigenvalue weighted by Gasteiger charge is -2.32. The number of nitrogens with one attached hydrogen (secondary N) is 1. The second kappa shape index (κ2) is 11.4. The van der Waals surface area contributed by atoms with Gasteiger partial charge in [-0.25, -0.2) is 0 Å². The molecule has 0 saturated carbocycles. The molecule has 4 heteroatoms. The van der Waals surface area contributed by atoms with Gasteiger partial charge in [-0.2, -0.15) is 0 Å². The highest BCUT2D eigenvalue weighted by Crippen LogP contribution is 2.40. The first kappa shape index (κ1) is 26.1. The SMILES string of the molecule is CCNCC(C)(C)c1ccc(CN(CC)c2cc(OC)ccc2[C@@H]2CCc3cc(O)ccc3C2)cc1. The highest BCUT2D eigenvalue weighted by Gasteiger charge is 2.25. The van der Waals surface area contributed by atoms with Gasteiger partial charge in [0.2, 0.25) is 0 Å². The number of phenolic OH excluding ortho intramolecular Hbond substituents is 1. The molecule has 4 nitrogen and oxygen atoms in total. The maximum absolute atomic E-state index is 9.89. The molecule has 2 N–H and O–H groups in total. The molecule has 4 rings (SSSR count). The Morgan fingerprint density at radius 2 is 1.78 bits per heavy atom. The first-order chi connectivity index (χ1) is 17.3. The molecular weight excluding hydrogens is 444 g/mol. The normalized spacial score (nSPS) is 15.4. The van der Waals surface area contributed by atoms with Crippen molar-refractivity contribution in [1.82, 2.24) is 5.32 Å². The molecule has 1 aliphatic rings. The molecule has 0 spiro atoms. The summed E-state index contributed by atoms with van der Waals surface area (Å²) in [5, 5.41) is 13.4. The van der Waals surface area contributed by atoms with E-state index < -0.39 is 0 Å². The molecule has 0 bridgehead atoms. The average Bonchev–Trinajstić information content (AvgIpc) is 2.90. The van der Waals surface area contributed by atoms with Crippen LogP contribution in [0.15, 0.2) is 60.7 Å². The summed E-state index contributed by atoms with van der Waals surface area (Å²) in [4.78, 5) is 2.48. The maximum Gasteiger partial charge on any atom is 0.120 e. The number of hydrogen-bond donors (Lipinski definition) is 2. The fraction of sp³-hybridized carbons (Fsp3) is 0.438. The Hall–Kier alpha value is -2.98. The van der Waals surface area contributed by atoms with Gasteiger partial charge in [-0.1, -0.05) is 57.2 Å². The summed E-state index contributed by atoms with van der Waals surface area (Å²) in [6.45, 7) is 12.7. The lowest BCUT2D eigenvalue weighted by atomic mass is 9.79. The molecule has 0 heterocycles. The van der Waals surface area contributed by atoms with Crippen LogP contribution in [0, 0.1) is 0 Å². The summed E-state index contributed by atoms with van der Waals surface area (Å²) in [5.41, 5.74) is 8.07. The molecule has 1 atom stereocenters. The second-order valence-electron chi connectivity index (χ2n) is 10.7. The molecular formula is C32H42N2O2. The van der Waals surface area contributed by atoms with Gasteiger partial charge in [0.25, 0.3) is 0 Å². The number of hydrogen-bond acceptors (Lipinski definition) is 4. The third-order valence-corrected chi connectivity index (χ3v) is 7.74. The number of likely N-dealkylation sites (N-methyl/N-ethyl adjacent to an activating group) is 1. The molecule has 3 aromatic rings. The van der Waals surface area contributed by atoms with E-state index in [1.807, 2.05) is 12.1 Å². The predicted octanol–water partition coefficient (Wildman–Crippen LogP) is 6.59. The van der Waals surface area contributed by atoms with E-state index >= 15 is 0 Å². The van der Waals surface area contributed by atoms with Crippen LogP contribution in [-0.2, 0) is 24.8 Å². The van der Waals surface area contributed by atoms with Gasteiger partial charge < -0.3 is 20.1 Å². The summed E-state index contributed by atoms with van der Waals surface area (Å²) in [6.07, 6.45) is 3.08. The third kappa shape index (κ3) is 5.87. The van der Waals surface area contributed by atoms with Crippen LogP contribution >= 0.6 is 0 Å². The fourth-order valence-corrected chi connectivity index (χ4v) is 5.47. The van der Waals surface area contributed by atoms with Crippen LogP contribution in [0.3, 0.4) is 0 Å². The van der Waals surface area contributed by atoms with Gasteiger partial charge in [0.1, 0.15) is 11.5 Å². The number of nitrogens with zero attached hydrogens (tertiary/aromatic N) is 1. The molecule has 0 unspecified atom stereocenters. The first-order valence-corrected chi connectivity index (χ1v) is 13.4. The quantitative estimate of drug-likeness (QED) is 0.339. The monoisotopic (exact) mass is 486 g/mol. The summed E-state index contributed by atoms with van der Waals surface area (Å²) in [7, 11) is 1.74. The van der Waals surface area contributed by atoms with Gasteiger partial charge in [-0.15, -0.1) is 0 Å².